The van der Waals surface area contributed by atoms with Crippen molar-refractivity contribution < 1.29 is 4.79 Å². The van der Waals surface area contributed by atoms with Crippen molar-refractivity contribution in [3.8, 4) is 0 Å². The van der Waals surface area contributed by atoms with Crippen LogP contribution < -0.4 is 16.0 Å². The van der Waals surface area contributed by atoms with E-state index >= 15 is 0 Å². The lowest BCUT2D eigenvalue weighted by Gasteiger charge is -2.39. The number of hydrogen-bond acceptors (Lipinski definition) is 3. The summed E-state index contributed by atoms with van der Waals surface area (Å²) in [7, 11) is 0. The topological polar surface area (TPSA) is 61.6 Å². The Morgan fingerprint density at radius 1 is 1.42 bits per heavy atom. The molecule has 2 heterocycles. The van der Waals surface area contributed by atoms with Gasteiger partial charge in [-0.3, -0.25) is 0 Å². The third kappa shape index (κ3) is 2.13. The molecule has 1 aromatic rings. The first kappa shape index (κ1) is 12.6. The Balaban J connectivity index is 1.86. The highest BCUT2D eigenvalue weighted by atomic mass is 35.5. The lowest BCUT2D eigenvalue weighted by molar-refractivity contribution is 0.197. The van der Waals surface area contributed by atoms with Crippen LogP contribution in [0.1, 0.15) is 5.56 Å². The average molecular weight is 281 g/mol. The molecule has 0 saturated carbocycles. The van der Waals surface area contributed by atoms with E-state index in [1.165, 1.54) is 0 Å². The number of anilines is 1. The van der Waals surface area contributed by atoms with Crippen LogP contribution in [0.4, 0.5) is 10.5 Å². The van der Waals surface area contributed by atoms with E-state index in [1.807, 2.05) is 23.1 Å². The molecule has 1 unspecified atom stereocenters. The number of carbonyl (C=O) groups is 1. The molecule has 0 aliphatic carbocycles. The van der Waals surface area contributed by atoms with E-state index in [9.17, 15) is 4.79 Å². The number of benzene rings is 1. The minimum atomic E-state index is 0.0443. The van der Waals surface area contributed by atoms with Crippen molar-refractivity contribution in [2.24, 2.45) is 5.73 Å². The van der Waals surface area contributed by atoms with Crippen molar-refractivity contribution in [3.05, 3.63) is 28.8 Å². The van der Waals surface area contributed by atoms with Crippen LogP contribution >= 0.6 is 11.6 Å². The van der Waals surface area contributed by atoms with Crippen LogP contribution in [0.3, 0.4) is 0 Å². The molecular weight excluding hydrogens is 264 g/mol. The summed E-state index contributed by atoms with van der Waals surface area (Å²) >= 11 is 6.32. The van der Waals surface area contributed by atoms with Crippen molar-refractivity contribution in [2.75, 3.05) is 31.1 Å². The highest BCUT2D eigenvalue weighted by Crippen LogP contribution is 2.31. The first-order valence-electron chi connectivity index (χ1n) is 6.47. The number of hydrogen-bond donors (Lipinski definition) is 2. The number of nitrogens with two attached hydrogens (primary N) is 1. The summed E-state index contributed by atoms with van der Waals surface area (Å²) in [5, 5.41) is 3.61. The summed E-state index contributed by atoms with van der Waals surface area (Å²) in [5.74, 6) is 0. The Kier molecular flexibility index (Phi) is 3.24. The van der Waals surface area contributed by atoms with Crippen molar-refractivity contribution in [1.29, 1.82) is 0 Å². The van der Waals surface area contributed by atoms with Crippen molar-refractivity contribution >= 4 is 23.3 Å². The van der Waals surface area contributed by atoms with E-state index in [1.54, 1.807) is 0 Å². The molecule has 102 valence electrons. The van der Waals surface area contributed by atoms with E-state index in [4.69, 9.17) is 17.3 Å². The van der Waals surface area contributed by atoms with Crippen LogP contribution in [0, 0.1) is 0 Å². The van der Waals surface area contributed by atoms with Gasteiger partial charge in [-0.25, -0.2) is 4.79 Å². The minimum absolute atomic E-state index is 0.0443. The van der Waals surface area contributed by atoms with Crippen LogP contribution in [0.5, 0.6) is 0 Å². The van der Waals surface area contributed by atoms with Gasteiger partial charge in [0.05, 0.1) is 16.8 Å². The predicted octanol–water partition coefficient (Wildman–Crippen LogP) is 1.01. The molecule has 2 aliphatic rings. The lowest BCUT2D eigenvalue weighted by atomic mass is 10.1. The monoisotopic (exact) mass is 280 g/mol. The summed E-state index contributed by atoms with van der Waals surface area (Å²) in [6.45, 7) is 3.50. The highest BCUT2D eigenvalue weighted by Gasteiger charge is 2.36. The number of amides is 2. The van der Waals surface area contributed by atoms with Crippen molar-refractivity contribution in [3.63, 3.8) is 0 Å². The maximum absolute atomic E-state index is 11.6. The molecule has 0 spiro atoms. The largest absolute Gasteiger partial charge is 0.366 e. The molecule has 3 N–H and O–H groups in total. The maximum Gasteiger partial charge on any atom is 0.317 e. The van der Waals surface area contributed by atoms with Gasteiger partial charge in [0.1, 0.15) is 0 Å². The Morgan fingerprint density at radius 2 is 2.26 bits per heavy atom. The number of nitrogens with zero attached hydrogens (tertiary/aromatic N) is 2. The molecule has 1 aromatic carbocycles. The third-order valence-corrected chi connectivity index (χ3v) is 4.14. The van der Waals surface area contributed by atoms with Gasteiger partial charge < -0.3 is 20.9 Å². The zero-order valence-electron chi connectivity index (χ0n) is 10.6. The fourth-order valence-electron chi connectivity index (χ4n) is 2.89. The SMILES string of the molecule is NCc1cccc(Cl)c1N1CCN2C(=O)NCC2C1. The van der Waals surface area contributed by atoms with E-state index in [0.717, 1.165) is 35.9 Å². The van der Waals surface area contributed by atoms with Gasteiger partial charge in [0.2, 0.25) is 0 Å². The van der Waals surface area contributed by atoms with Gasteiger partial charge in [0, 0.05) is 32.7 Å². The number of carbonyl (C=O) groups excluding carboxylic acids is 1. The molecular formula is C13H17ClN4O. The van der Waals surface area contributed by atoms with E-state index in [-0.39, 0.29) is 12.1 Å². The number of fused-ring (bicyclic) bond motifs is 1. The van der Waals surface area contributed by atoms with Gasteiger partial charge in [0.15, 0.2) is 0 Å². The Bertz CT molecular complexity index is 507. The Morgan fingerprint density at radius 3 is 3.05 bits per heavy atom. The molecule has 2 fully saturated rings. The van der Waals surface area contributed by atoms with E-state index in [2.05, 4.69) is 10.2 Å². The van der Waals surface area contributed by atoms with Crippen LogP contribution in [0.2, 0.25) is 5.02 Å². The van der Waals surface area contributed by atoms with Gasteiger partial charge in [-0.05, 0) is 11.6 Å². The highest BCUT2D eigenvalue weighted by molar-refractivity contribution is 6.33. The zero-order valence-corrected chi connectivity index (χ0v) is 11.4. The van der Waals surface area contributed by atoms with Crippen LogP contribution in [-0.2, 0) is 6.54 Å². The fourth-order valence-corrected chi connectivity index (χ4v) is 3.20. The molecule has 0 radical (unpaired) electrons. The molecule has 2 amide bonds. The third-order valence-electron chi connectivity index (χ3n) is 3.84. The first-order chi connectivity index (χ1) is 9.20. The van der Waals surface area contributed by atoms with Crippen LogP contribution in [0.15, 0.2) is 18.2 Å². The second kappa shape index (κ2) is 4.90. The Hall–Kier alpha value is -1.46. The van der Waals surface area contributed by atoms with Gasteiger partial charge >= 0.3 is 6.03 Å². The molecule has 0 aromatic heterocycles. The summed E-state index contributed by atoms with van der Waals surface area (Å²) in [6, 6.07) is 6.09. The standard InChI is InChI=1S/C13H17ClN4O/c14-11-3-1-2-9(6-15)12(11)17-4-5-18-10(8-17)7-16-13(18)19/h1-3,10H,4-8,15H2,(H,16,19). The van der Waals surface area contributed by atoms with Crippen LogP contribution in [-0.4, -0.2) is 43.2 Å². The number of piperazine rings is 1. The first-order valence-corrected chi connectivity index (χ1v) is 6.85. The lowest BCUT2D eigenvalue weighted by Crippen LogP contribution is -2.52. The molecule has 1 atom stereocenters. The van der Waals surface area contributed by atoms with Gasteiger partial charge in [-0.1, -0.05) is 23.7 Å². The average Bonchev–Trinajstić information content (AvgIpc) is 2.79. The Labute approximate surface area is 117 Å². The fraction of sp³-hybridized carbons (Fsp3) is 0.462. The number of nitrogens with one attached hydrogen (secondary N) is 1. The molecule has 19 heavy (non-hydrogen) atoms. The molecule has 6 heteroatoms. The van der Waals surface area contributed by atoms with E-state index in [0.29, 0.717) is 13.1 Å². The number of halogens is 1. The summed E-state index contributed by atoms with van der Waals surface area (Å²) in [4.78, 5) is 15.7. The second-order valence-electron chi connectivity index (χ2n) is 4.93. The van der Waals surface area contributed by atoms with Gasteiger partial charge in [-0.15, -0.1) is 0 Å². The van der Waals surface area contributed by atoms with Gasteiger partial charge in [0.25, 0.3) is 0 Å². The molecule has 5 nitrogen and oxygen atoms in total. The predicted molar refractivity (Wildman–Crippen MR) is 75.4 cm³/mol. The molecule has 2 aliphatic heterocycles. The molecule has 3 rings (SSSR count). The number of rotatable bonds is 2. The molecule has 0 bridgehead atoms. The number of urea groups is 1. The van der Waals surface area contributed by atoms with E-state index < -0.39 is 0 Å². The second-order valence-corrected chi connectivity index (χ2v) is 5.34. The van der Waals surface area contributed by atoms with Crippen molar-refractivity contribution in [1.82, 2.24) is 10.2 Å². The molecule has 2 saturated heterocycles. The number of para-hydroxylation sites is 1. The smallest absolute Gasteiger partial charge is 0.317 e. The maximum atomic E-state index is 11.6. The summed E-state index contributed by atoms with van der Waals surface area (Å²) in [5.41, 5.74) is 7.87. The normalized spacial score (nSPS) is 22.4. The minimum Gasteiger partial charge on any atom is -0.366 e. The summed E-state index contributed by atoms with van der Waals surface area (Å²) in [6.07, 6.45) is 0. The van der Waals surface area contributed by atoms with Crippen molar-refractivity contribution in [2.45, 2.75) is 12.6 Å². The summed E-state index contributed by atoms with van der Waals surface area (Å²) < 4.78 is 0. The van der Waals surface area contributed by atoms with Crippen LogP contribution in [0.25, 0.3) is 0 Å². The van der Waals surface area contributed by atoms with Gasteiger partial charge in [-0.2, -0.15) is 0 Å². The quantitative estimate of drug-likeness (QED) is 0.850. The zero-order chi connectivity index (χ0) is 13.4.